The van der Waals surface area contributed by atoms with Gasteiger partial charge in [-0.15, -0.1) is 0 Å². The standard InChI is InChI=1S/C13H17NO5S/c1-2-19-9-10-6-11(13(15)16)8-12(7-10)14-4-3-5-20(14,17)18/h6-8H,2-5,9H2,1H3,(H,15,16). The molecule has 0 atom stereocenters. The molecular weight excluding hydrogens is 282 g/mol. The lowest BCUT2D eigenvalue weighted by Gasteiger charge is -2.18. The number of rotatable bonds is 5. The van der Waals surface area contributed by atoms with Gasteiger partial charge in [-0.2, -0.15) is 0 Å². The van der Waals surface area contributed by atoms with E-state index in [1.54, 1.807) is 6.07 Å². The molecule has 20 heavy (non-hydrogen) atoms. The van der Waals surface area contributed by atoms with E-state index in [1.807, 2.05) is 6.92 Å². The van der Waals surface area contributed by atoms with Gasteiger partial charge < -0.3 is 9.84 Å². The molecule has 0 aliphatic carbocycles. The molecule has 6 nitrogen and oxygen atoms in total. The van der Waals surface area contributed by atoms with Crippen molar-refractivity contribution in [3.8, 4) is 0 Å². The Balaban J connectivity index is 2.41. The number of anilines is 1. The van der Waals surface area contributed by atoms with Crippen LogP contribution in [0.15, 0.2) is 18.2 Å². The molecule has 0 bridgehead atoms. The summed E-state index contributed by atoms with van der Waals surface area (Å²) < 4.78 is 30.4. The normalized spacial score (nSPS) is 17.4. The fraction of sp³-hybridized carbons (Fsp3) is 0.462. The van der Waals surface area contributed by atoms with Crippen LogP contribution in [0.25, 0.3) is 0 Å². The second-order valence-electron chi connectivity index (χ2n) is 4.57. The minimum atomic E-state index is -3.32. The Labute approximate surface area is 118 Å². The number of nitrogens with zero attached hydrogens (tertiary/aromatic N) is 1. The third kappa shape index (κ3) is 3.10. The number of aromatic carboxylic acids is 1. The topological polar surface area (TPSA) is 83.9 Å². The largest absolute Gasteiger partial charge is 0.478 e. The molecule has 7 heteroatoms. The van der Waals surface area contributed by atoms with Gasteiger partial charge in [0.1, 0.15) is 0 Å². The molecule has 0 unspecified atom stereocenters. The van der Waals surface area contributed by atoms with Crippen molar-refractivity contribution in [2.24, 2.45) is 0 Å². The maximum absolute atomic E-state index is 11.9. The maximum Gasteiger partial charge on any atom is 0.335 e. The summed E-state index contributed by atoms with van der Waals surface area (Å²) in [6.07, 6.45) is 0.556. The minimum Gasteiger partial charge on any atom is -0.478 e. The van der Waals surface area contributed by atoms with E-state index < -0.39 is 16.0 Å². The molecule has 0 spiro atoms. The molecule has 0 amide bonds. The van der Waals surface area contributed by atoms with Crippen LogP contribution >= 0.6 is 0 Å². The second kappa shape index (κ2) is 5.80. The number of carboxylic acid groups (broad SMARTS) is 1. The number of hydrogen-bond acceptors (Lipinski definition) is 4. The van der Waals surface area contributed by atoms with Crippen molar-refractivity contribution in [1.29, 1.82) is 0 Å². The predicted molar refractivity (Wildman–Crippen MR) is 74.5 cm³/mol. The third-order valence-corrected chi connectivity index (χ3v) is 4.95. The van der Waals surface area contributed by atoms with Gasteiger partial charge in [-0.3, -0.25) is 4.31 Å². The second-order valence-corrected chi connectivity index (χ2v) is 6.58. The summed E-state index contributed by atoms with van der Waals surface area (Å²) in [5, 5.41) is 9.12. The van der Waals surface area contributed by atoms with Gasteiger partial charge in [0, 0.05) is 13.2 Å². The predicted octanol–water partition coefficient (Wildman–Crippen LogP) is 1.46. The smallest absolute Gasteiger partial charge is 0.335 e. The van der Waals surface area contributed by atoms with Gasteiger partial charge in [-0.25, -0.2) is 13.2 Å². The van der Waals surface area contributed by atoms with Gasteiger partial charge in [-0.05, 0) is 37.1 Å². The first-order chi connectivity index (χ1) is 9.44. The van der Waals surface area contributed by atoms with Crippen molar-refractivity contribution in [3.63, 3.8) is 0 Å². The Morgan fingerprint density at radius 2 is 2.15 bits per heavy atom. The van der Waals surface area contributed by atoms with Gasteiger partial charge in [0.2, 0.25) is 10.0 Å². The Kier molecular flexibility index (Phi) is 4.29. The summed E-state index contributed by atoms with van der Waals surface area (Å²) >= 11 is 0. The summed E-state index contributed by atoms with van der Waals surface area (Å²) in [5.74, 6) is -0.980. The van der Waals surface area contributed by atoms with Crippen molar-refractivity contribution in [2.75, 3.05) is 23.2 Å². The van der Waals surface area contributed by atoms with Gasteiger partial charge in [0.25, 0.3) is 0 Å². The molecule has 0 radical (unpaired) electrons. The molecule has 1 saturated heterocycles. The van der Waals surface area contributed by atoms with Crippen LogP contribution in [-0.4, -0.2) is 38.4 Å². The summed E-state index contributed by atoms with van der Waals surface area (Å²) in [5.41, 5.74) is 1.13. The number of ether oxygens (including phenoxy) is 1. The zero-order chi connectivity index (χ0) is 14.8. The number of benzene rings is 1. The van der Waals surface area contributed by atoms with Crippen LogP contribution in [0.4, 0.5) is 5.69 Å². The molecule has 1 N–H and O–H groups in total. The summed E-state index contributed by atoms with van der Waals surface area (Å²) in [4.78, 5) is 11.1. The van der Waals surface area contributed by atoms with Gasteiger partial charge >= 0.3 is 5.97 Å². The van der Waals surface area contributed by atoms with Crippen LogP contribution in [0.2, 0.25) is 0 Å². The first-order valence-corrected chi connectivity index (χ1v) is 8.00. The molecule has 0 aromatic heterocycles. The Morgan fingerprint density at radius 3 is 2.70 bits per heavy atom. The average molecular weight is 299 g/mol. The number of hydrogen-bond donors (Lipinski definition) is 1. The fourth-order valence-electron chi connectivity index (χ4n) is 2.17. The lowest BCUT2D eigenvalue weighted by atomic mass is 10.1. The van der Waals surface area contributed by atoms with Crippen LogP contribution < -0.4 is 4.31 Å². The molecule has 1 aliphatic heterocycles. The monoisotopic (exact) mass is 299 g/mol. The molecular formula is C13H17NO5S. The van der Waals surface area contributed by atoms with Crippen LogP contribution in [0, 0.1) is 0 Å². The third-order valence-electron chi connectivity index (χ3n) is 3.08. The highest BCUT2D eigenvalue weighted by atomic mass is 32.2. The first-order valence-electron chi connectivity index (χ1n) is 6.39. The zero-order valence-electron chi connectivity index (χ0n) is 11.2. The minimum absolute atomic E-state index is 0.0688. The summed E-state index contributed by atoms with van der Waals surface area (Å²) in [6.45, 7) is 3.00. The van der Waals surface area contributed by atoms with E-state index in [2.05, 4.69) is 0 Å². The first kappa shape index (κ1) is 14.8. The number of carboxylic acids is 1. The molecule has 1 aliphatic rings. The zero-order valence-corrected chi connectivity index (χ0v) is 12.0. The fourth-order valence-corrected chi connectivity index (χ4v) is 3.72. The van der Waals surface area contributed by atoms with E-state index in [0.29, 0.717) is 30.8 Å². The van der Waals surface area contributed by atoms with Crippen molar-refractivity contribution in [2.45, 2.75) is 20.0 Å². The van der Waals surface area contributed by atoms with E-state index in [4.69, 9.17) is 9.84 Å². The Bertz CT molecular complexity index is 611. The van der Waals surface area contributed by atoms with Gasteiger partial charge in [0.05, 0.1) is 23.6 Å². The molecule has 1 fully saturated rings. The van der Waals surface area contributed by atoms with Crippen molar-refractivity contribution < 1.29 is 23.1 Å². The number of sulfonamides is 1. The molecule has 2 rings (SSSR count). The highest BCUT2D eigenvalue weighted by Crippen LogP contribution is 2.26. The molecule has 0 saturated carbocycles. The Hall–Kier alpha value is -1.60. The van der Waals surface area contributed by atoms with E-state index in [9.17, 15) is 13.2 Å². The van der Waals surface area contributed by atoms with Crippen molar-refractivity contribution in [1.82, 2.24) is 0 Å². The van der Waals surface area contributed by atoms with Crippen LogP contribution in [-0.2, 0) is 21.4 Å². The highest BCUT2D eigenvalue weighted by Gasteiger charge is 2.29. The van der Waals surface area contributed by atoms with Crippen LogP contribution in [0.5, 0.6) is 0 Å². The molecule has 1 heterocycles. The summed E-state index contributed by atoms with van der Waals surface area (Å²) in [6, 6.07) is 4.57. The highest BCUT2D eigenvalue weighted by molar-refractivity contribution is 7.93. The van der Waals surface area contributed by atoms with E-state index in [-0.39, 0.29) is 17.9 Å². The van der Waals surface area contributed by atoms with Crippen molar-refractivity contribution in [3.05, 3.63) is 29.3 Å². The summed E-state index contributed by atoms with van der Waals surface area (Å²) in [7, 11) is -3.32. The maximum atomic E-state index is 11.9. The van der Waals surface area contributed by atoms with Crippen molar-refractivity contribution >= 4 is 21.7 Å². The molecule has 110 valence electrons. The average Bonchev–Trinajstić information content (AvgIpc) is 2.75. The number of carbonyl (C=O) groups is 1. The lowest BCUT2D eigenvalue weighted by molar-refractivity contribution is 0.0696. The van der Waals surface area contributed by atoms with Crippen LogP contribution in [0.1, 0.15) is 29.3 Å². The molecule has 1 aromatic rings. The van der Waals surface area contributed by atoms with Gasteiger partial charge in [-0.1, -0.05) is 0 Å². The van der Waals surface area contributed by atoms with E-state index in [1.165, 1.54) is 16.4 Å². The van der Waals surface area contributed by atoms with E-state index in [0.717, 1.165) is 0 Å². The SMILES string of the molecule is CCOCc1cc(C(=O)O)cc(N2CCCS2(=O)=O)c1. The van der Waals surface area contributed by atoms with Gasteiger partial charge in [0.15, 0.2) is 0 Å². The quantitative estimate of drug-likeness (QED) is 0.890. The van der Waals surface area contributed by atoms with Crippen LogP contribution in [0.3, 0.4) is 0 Å². The van der Waals surface area contributed by atoms with E-state index >= 15 is 0 Å². The Morgan fingerprint density at radius 1 is 1.40 bits per heavy atom. The lowest BCUT2D eigenvalue weighted by Crippen LogP contribution is -2.25. The molecule has 1 aromatic carbocycles.